The Morgan fingerprint density at radius 1 is 1.06 bits per heavy atom. The molecule has 1 heterocycles. The van der Waals surface area contributed by atoms with Gasteiger partial charge in [-0.25, -0.2) is 13.6 Å². The summed E-state index contributed by atoms with van der Waals surface area (Å²) in [6.45, 7) is 3.48. The molecular formula is C27H24ClF2N3O3. The normalized spacial score (nSPS) is 12.8. The molecule has 36 heavy (non-hydrogen) atoms. The van der Waals surface area contributed by atoms with E-state index < -0.39 is 29.2 Å². The number of H-pyrrole nitrogens is 1. The minimum atomic E-state index is -0.917. The highest BCUT2D eigenvalue weighted by Crippen LogP contribution is 2.37. The number of fused-ring (bicyclic) bond motifs is 1. The molecule has 3 aromatic carbocycles. The Hall–Kier alpha value is -3.75. The van der Waals surface area contributed by atoms with Crippen LogP contribution in [0.4, 0.5) is 19.3 Å². The van der Waals surface area contributed by atoms with E-state index in [-0.39, 0.29) is 33.3 Å². The average molecular weight is 512 g/mol. The van der Waals surface area contributed by atoms with E-state index in [1.54, 1.807) is 56.6 Å². The van der Waals surface area contributed by atoms with Crippen LogP contribution in [0, 0.1) is 11.6 Å². The van der Waals surface area contributed by atoms with Crippen molar-refractivity contribution in [2.75, 3.05) is 12.4 Å². The molecule has 4 rings (SSSR count). The number of nitrogens with one attached hydrogen (secondary N) is 3. The van der Waals surface area contributed by atoms with Gasteiger partial charge in [0.25, 0.3) is 5.56 Å². The molecule has 1 amide bonds. The summed E-state index contributed by atoms with van der Waals surface area (Å²) in [7, 11) is 1.77. The summed E-state index contributed by atoms with van der Waals surface area (Å²) in [4.78, 5) is 27.9. The number of anilines is 1. The van der Waals surface area contributed by atoms with Crippen LogP contribution in [0.3, 0.4) is 0 Å². The van der Waals surface area contributed by atoms with Gasteiger partial charge in [-0.3, -0.25) is 10.1 Å². The van der Waals surface area contributed by atoms with E-state index in [4.69, 9.17) is 16.3 Å². The van der Waals surface area contributed by atoms with Gasteiger partial charge in [0.1, 0.15) is 17.4 Å². The smallest absolute Gasteiger partial charge is 0.410 e. The molecule has 0 aliphatic carbocycles. The zero-order chi connectivity index (χ0) is 26.0. The van der Waals surface area contributed by atoms with Gasteiger partial charge in [0.05, 0.1) is 10.4 Å². The van der Waals surface area contributed by atoms with E-state index in [0.717, 1.165) is 5.56 Å². The molecule has 1 aromatic heterocycles. The highest BCUT2D eigenvalue weighted by atomic mass is 35.5. The third-order valence-electron chi connectivity index (χ3n) is 6.14. The van der Waals surface area contributed by atoms with Crippen LogP contribution < -0.4 is 20.9 Å². The van der Waals surface area contributed by atoms with Gasteiger partial charge < -0.3 is 15.0 Å². The first-order valence-corrected chi connectivity index (χ1v) is 11.6. The van der Waals surface area contributed by atoms with Crippen molar-refractivity contribution in [3.8, 4) is 5.75 Å². The number of hydrogen-bond donors (Lipinski definition) is 3. The maximum atomic E-state index is 15.2. The Labute approximate surface area is 211 Å². The second kappa shape index (κ2) is 10.5. The second-order valence-corrected chi connectivity index (χ2v) is 8.78. The number of pyridine rings is 1. The van der Waals surface area contributed by atoms with Crippen LogP contribution in [-0.2, 0) is 0 Å². The first-order valence-electron chi connectivity index (χ1n) is 11.2. The number of para-hydroxylation sites is 1. The molecule has 2 unspecified atom stereocenters. The van der Waals surface area contributed by atoms with Crippen molar-refractivity contribution >= 4 is 34.2 Å². The maximum Gasteiger partial charge on any atom is 0.417 e. The number of aromatic nitrogens is 1. The summed E-state index contributed by atoms with van der Waals surface area (Å²) >= 11 is 6.13. The van der Waals surface area contributed by atoms with Crippen molar-refractivity contribution in [3.63, 3.8) is 0 Å². The van der Waals surface area contributed by atoms with Crippen molar-refractivity contribution in [1.82, 2.24) is 10.3 Å². The molecule has 0 saturated heterocycles. The highest BCUT2D eigenvalue weighted by Gasteiger charge is 2.25. The van der Waals surface area contributed by atoms with Gasteiger partial charge in [-0.1, -0.05) is 42.8 Å². The Bertz CT molecular complexity index is 1490. The standard InChI is InChI=1S/C27H24ClF2N3O3/c1-14(23-22(29)10-9-18-20(15(2)31-3)13-32-26(34)24(18)23)19-11-16(12-21(28)25(19)30)33-27(35)36-17-7-5-4-6-8-17/h4-15,31H,1-3H3,(H,32,34)(H,33,35). The Morgan fingerprint density at radius 3 is 2.47 bits per heavy atom. The molecule has 0 bridgehead atoms. The summed E-state index contributed by atoms with van der Waals surface area (Å²) in [5.41, 5.74) is 0.459. The number of aromatic amines is 1. The van der Waals surface area contributed by atoms with E-state index in [0.29, 0.717) is 11.1 Å². The number of ether oxygens (including phenoxy) is 1. The molecular weight excluding hydrogens is 488 g/mol. The van der Waals surface area contributed by atoms with E-state index in [9.17, 15) is 9.59 Å². The predicted molar refractivity (Wildman–Crippen MR) is 137 cm³/mol. The van der Waals surface area contributed by atoms with Crippen molar-refractivity contribution in [2.45, 2.75) is 25.8 Å². The molecule has 4 aromatic rings. The van der Waals surface area contributed by atoms with Gasteiger partial charge in [-0.15, -0.1) is 0 Å². The fourth-order valence-electron chi connectivity index (χ4n) is 4.20. The van der Waals surface area contributed by atoms with Crippen molar-refractivity contribution < 1.29 is 18.3 Å². The molecule has 9 heteroatoms. The summed E-state index contributed by atoms with van der Waals surface area (Å²) in [6.07, 6.45) is 0.777. The van der Waals surface area contributed by atoms with Gasteiger partial charge in [0.2, 0.25) is 0 Å². The molecule has 3 N–H and O–H groups in total. The lowest BCUT2D eigenvalue weighted by Gasteiger charge is -2.20. The summed E-state index contributed by atoms with van der Waals surface area (Å²) in [5.74, 6) is -2.04. The van der Waals surface area contributed by atoms with Crippen molar-refractivity contribution in [1.29, 1.82) is 0 Å². The first-order chi connectivity index (χ1) is 17.2. The summed E-state index contributed by atoms with van der Waals surface area (Å²) in [6, 6.07) is 13.7. The molecule has 0 spiro atoms. The van der Waals surface area contributed by atoms with Crippen LogP contribution in [0.5, 0.6) is 5.75 Å². The lowest BCUT2D eigenvalue weighted by atomic mass is 9.87. The first kappa shape index (κ1) is 25.3. The van der Waals surface area contributed by atoms with Crippen LogP contribution in [-0.4, -0.2) is 18.1 Å². The molecule has 0 radical (unpaired) electrons. The fourth-order valence-corrected chi connectivity index (χ4v) is 4.43. The van der Waals surface area contributed by atoms with E-state index in [1.165, 1.54) is 18.2 Å². The molecule has 186 valence electrons. The minimum absolute atomic E-state index is 0.00961. The number of halogens is 3. The monoisotopic (exact) mass is 511 g/mol. The number of amides is 1. The summed E-state index contributed by atoms with van der Waals surface area (Å²) in [5, 5.41) is 6.03. The van der Waals surface area contributed by atoms with Crippen LogP contribution >= 0.6 is 11.6 Å². The molecule has 6 nitrogen and oxygen atoms in total. The topological polar surface area (TPSA) is 83.2 Å². The zero-order valence-corrected chi connectivity index (χ0v) is 20.5. The molecule has 0 aliphatic rings. The molecule has 0 saturated carbocycles. The third kappa shape index (κ3) is 4.96. The highest BCUT2D eigenvalue weighted by molar-refractivity contribution is 6.31. The van der Waals surface area contributed by atoms with Crippen LogP contribution in [0.15, 0.2) is 65.6 Å². The zero-order valence-electron chi connectivity index (χ0n) is 19.8. The number of benzene rings is 3. The van der Waals surface area contributed by atoms with Gasteiger partial charge in [0, 0.05) is 29.4 Å². The van der Waals surface area contributed by atoms with Crippen LogP contribution in [0.1, 0.15) is 42.5 Å². The molecule has 0 aliphatic heterocycles. The Kier molecular flexibility index (Phi) is 7.37. The quantitative estimate of drug-likeness (QED) is 0.276. The van der Waals surface area contributed by atoms with Gasteiger partial charge in [-0.2, -0.15) is 0 Å². The largest absolute Gasteiger partial charge is 0.417 e. The Morgan fingerprint density at radius 2 is 1.78 bits per heavy atom. The lowest BCUT2D eigenvalue weighted by Crippen LogP contribution is -2.19. The minimum Gasteiger partial charge on any atom is -0.410 e. The van der Waals surface area contributed by atoms with E-state index in [2.05, 4.69) is 15.6 Å². The number of carbonyl (C=O) groups is 1. The van der Waals surface area contributed by atoms with Crippen LogP contribution in [0.25, 0.3) is 10.8 Å². The molecule has 2 atom stereocenters. The third-order valence-corrected chi connectivity index (χ3v) is 6.42. The predicted octanol–water partition coefficient (Wildman–Crippen LogP) is 6.50. The van der Waals surface area contributed by atoms with E-state index >= 15 is 8.78 Å². The SMILES string of the molecule is CNC(C)c1c[nH]c(=O)c2c(C(C)c3cc(NC(=O)Oc4ccccc4)cc(Cl)c3F)c(F)ccc12. The van der Waals surface area contributed by atoms with Crippen molar-refractivity contribution in [2.24, 2.45) is 0 Å². The molecule has 0 fully saturated rings. The number of rotatable bonds is 6. The van der Waals surface area contributed by atoms with E-state index in [1.807, 2.05) is 6.92 Å². The Balaban J connectivity index is 1.78. The van der Waals surface area contributed by atoms with Crippen molar-refractivity contribution in [3.05, 3.63) is 104 Å². The second-order valence-electron chi connectivity index (χ2n) is 8.38. The van der Waals surface area contributed by atoms with Crippen LogP contribution in [0.2, 0.25) is 5.02 Å². The lowest BCUT2D eigenvalue weighted by molar-refractivity contribution is 0.215. The maximum absolute atomic E-state index is 15.2. The van der Waals surface area contributed by atoms with Gasteiger partial charge in [0.15, 0.2) is 0 Å². The number of hydrogen-bond acceptors (Lipinski definition) is 4. The fraction of sp³-hybridized carbons (Fsp3) is 0.185. The number of carbonyl (C=O) groups excluding carboxylic acids is 1. The van der Waals surface area contributed by atoms with Gasteiger partial charge in [-0.05, 0) is 60.8 Å². The summed E-state index contributed by atoms with van der Waals surface area (Å²) < 4.78 is 35.6. The average Bonchev–Trinajstić information content (AvgIpc) is 2.86. The van der Waals surface area contributed by atoms with Gasteiger partial charge >= 0.3 is 6.09 Å².